The number of rotatable bonds is 6. The maximum atomic E-state index is 12.7. The van der Waals surface area contributed by atoms with E-state index >= 15 is 0 Å². The predicted octanol–water partition coefficient (Wildman–Crippen LogP) is 2.03. The average Bonchev–Trinajstić information content (AvgIpc) is 2.74. The molecular weight excluding hydrogens is 378 g/mol. The Hall–Kier alpha value is -2.42. The van der Waals surface area contributed by atoms with Gasteiger partial charge in [0.15, 0.2) is 0 Å². The number of nitrogens with zero attached hydrogens (tertiary/aromatic N) is 2. The number of nitrogens with one attached hydrogen (secondary N) is 1. The molecule has 150 valence electrons. The van der Waals surface area contributed by atoms with E-state index in [1.807, 2.05) is 24.0 Å². The average molecular weight is 404 g/mol. The van der Waals surface area contributed by atoms with Crippen molar-refractivity contribution in [3.05, 3.63) is 54.6 Å². The second kappa shape index (κ2) is 8.72. The maximum absolute atomic E-state index is 12.7. The van der Waals surface area contributed by atoms with Gasteiger partial charge in [0, 0.05) is 37.9 Å². The minimum atomic E-state index is -3.50. The van der Waals surface area contributed by atoms with E-state index in [4.69, 9.17) is 4.74 Å². The van der Waals surface area contributed by atoms with E-state index in [0.29, 0.717) is 42.5 Å². The Morgan fingerprint density at radius 3 is 2.36 bits per heavy atom. The highest BCUT2D eigenvalue weighted by Crippen LogP contribution is 2.20. The number of hydrogen-bond donors (Lipinski definition) is 1. The fraction of sp³-hybridized carbons (Fsp3) is 0.350. The molecule has 0 spiro atoms. The fourth-order valence-electron chi connectivity index (χ4n) is 3.19. The molecule has 0 unspecified atom stereocenters. The topological polar surface area (TPSA) is 79.0 Å². The van der Waals surface area contributed by atoms with Crippen LogP contribution in [0, 0.1) is 0 Å². The van der Waals surface area contributed by atoms with Crippen LogP contribution in [-0.4, -0.2) is 62.9 Å². The van der Waals surface area contributed by atoms with Crippen molar-refractivity contribution in [2.24, 2.45) is 0 Å². The molecule has 0 saturated carbocycles. The van der Waals surface area contributed by atoms with Crippen molar-refractivity contribution in [2.45, 2.75) is 17.9 Å². The Labute approximate surface area is 166 Å². The fourth-order valence-corrected chi connectivity index (χ4v) is 4.63. The molecule has 0 radical (unpaired) electrons. The first-order chi connectivity index (χ1) is 13.4. The Bertz CT molecular complexity index is 910. The number of carbonyl (C=O) groups is 1. The first kappa shape index (κ1) is 20.3. The van der Waals surface area contributed by atoms with Gasteiger partial charge in [-0.15, -0.1) is 0 Å². The third kappa shape index (κ3) is 4.52. The number of ether oxygens (including phenoxy) is 1. The van der Waals surface area contributed by atoms with E-state index in [0.717, 1.165) is 0 Å². The Morgan fingerprint density at radius 2 is 1.71 bits per heavy atom. The molecule has 7 nitrogen and oxygen atoms in total. The second-order valence-corrected chi connectivity index (χ2v) is 8.59. The third-order valence-corrected chi connectivity index (χ3v) is 6.83. The largest absolute Gasteiger partial charge is 0.497 e. The SMILES string of the molecule is COc1cccc(NC(=O)[C@H](C)N2CCN(S(=O)(=O)c3ccccc3)CC2)c1. The molecule has 1 atom stereocenters. The molecule has 2 aromatic rings. The van der Waals surface area contributed by atoms with Crippen LogP contribution in [0.4, 0.5) is 5.69 Å². The van der Waals surface area contributed by atoms with Crippen molar-refractivity contribution >= 4 is 21.6 Å². The quantitative estimate of drug-likeness (QED) is 0.798. The van der Waals surface area contributed by atoms with Crippen LogP contribution in [-0.2, 0) is 14.8 Å². The zero-order valence-corrected chi connectivity index (χ0v) is 16.9. The molecule has 1 aliphatic rings. The van der Waals surface area contributed by atoms with Crippen LogP contribution in [0.2, 0.25) is 0 Å². The molecule has 1 heterocycles. The van der Waals surface area contributed by atoms with Gasteiger partial charge in [0.2, 0.25) is 15.9 Å². The van der Waals surface area contributed by atoms with Gasteiger partial charge in [-0.05, 0) is 31.2 Å². The van der Waals surface area contributed by atoms with Gasteiger partial charge in [-0.3, -0.25) is 9.69 Å². The highest BCUT2D eigenvalue weighted by atomic mass is 32.2. The molecule has 1 amide bonds. The number of anilines is 1. The van der Waals surface area contributed by atoms with Gasteiger partial charge in [-0.1, -0.05) is 24.3 Å². The Balaban J connectivity index is 1.58. The number of piperazine rings is 1. The van der Waals surface area contributed by atoms with Crippen LogP contribution >= 0.6 is 0 Å². The predicted molar refractivity (Wildman–Crippen MR) is 108 cm³/mol. The summed E-state index contributed by atoms with van der Waals surface area (Å²) < 4.78 is 32.1. The van der Waals surface area contributed by atoms with Crippen LogP contribution in [0.5, 0.6) is 5.75 Å². The van der Waals surface area contributed by atoms with Gasteiger partial charge in [-0.25, -0.2) is 8.42 Å². The summed E-state index contributed by atoms with van der Waals surface area (Å²) in [6.45, 7) is 3.54. The lowest BCUT2D eigenvalue weighted by molar-refractivity contribution is -0.121. The highest BCUT2D eigenvalue weighted by Gasteiger charge is 2.31. The molecule has 8 heteroatoms. The summed E-state index contributed by atoms with van der Waals surface area (Å²) in [4.78, 5) is 14.9. The monoisotopic (exact) mass is 403 g/mol. The van der Waals surface area contributed by atoms with Crippen molar-refractivity contribution in [1.29, 1.82) is 0 Å². The van der Waals surface area contributed by atoms with Crippen molar-refractivity contribution in [1.82, 2.24) is 9.21 Å². The van der Waals surface area contributed by atoms with Gasteiger partial charge in [0.05, 0.1) is 18.0 Å². The van der Waals surface area contributed by atoms with Crippen molar-refractivity contribution in [3.63, 3.8) is 0 Å². The maximum Gasteiger partial charge on any atom is 0.243 e. The summed E-state index contributed by atoms with van der Waals surface area (Å²) in [6.07, 6.45) is 0. The van der Waals surface area contributed by atoms with E-state index in [2.05, 4.69) is 5.32 Å². The first-order valence-electron chi connectivity index (χ1n) is 9.16. The van der Waals surface area contributed by atoms with E-state index < -0.39 is 10.0 Å². The molecule has 2 aromatic carbocycles. The smallest absolute Gasteiger partial charge is 0.243 e. The minimum Gasteiger partial charge on any atom is -0.497 e. The van der Waals surface area contributed by atoms with Crippen molar-refractivity contribution in [3.8, 4) is 5.75 Å². The Morgan fingerprint density at radius 1 is 1.04 bits per heavy atom. The van der Waals surface area contributed by atoms with Crippen LogP contribution in [0.1, 0.15) is 6.92 Å². The second-order valence-electron chi connectivity index (χ2n) is 6.65. The van der Waals surface area contributed by atoms with Gasteiger partial charge in [-0.2, -0.15) is 4.31 Å². The van der Waals surface area contributed by atoms with Crippen LogP contribution < -0.4 is 10.1 Å². The van der Waals surface area contributed by atoms with Crippen LogP contribution in [0.25, 0.3) is 0 Å². The molecule has 0 aromatic heterocycles. The first-order valence-corrected chi connectivity index (χ1v) is 10.6. The molecule has 28 heavy (non-hydrogen) atoms. The number of methoxy groups -OCH3 is 1. The zero-order valence-electron chi connectivity index (χ0n) is 16.0. The number of hydrogen-bond acceptors (Lipinski definition) is 5. The molecule has 0 aliphatic carbocycles. The molecule has 0 bridgehead atoms. The molecular formula is C20H25N3O4S. The summed E-state index contributed by atoms with van der Waals surface area (Å²) in [7, 11) is -1.92. The summed E-state index contributed by atoms with van der Waals surface area (Å²) in [5, 5.41) is 2.89. The summed E-state index contributed by atoms with van der Waals surface area (Å²) in [5.41, 5.74) is 0.668. The summed E-state index contributed by atoms with van der Waals surface area (Å²) >= 11 is 0. The molecule has 1 saturated heterocycles. The lowest BCUT2D eigenvalue weighted by Crippen LogP contribution is -2.53. The molecule has 1 N–H and O–H groups in total. The molecule has 1 fully saturated rings. The van der Waals surface area contributed by atoms with Crippen LogP contribution in [0.15, 0.2) is 59.5 Å². The highest BCUT2D eigenvalue weighted by molar-refractivity contribution is 7.89. The van der Waals surface area contributed by atoms with Crippen LogP contribution in [0.3, 0.4) is 0 Å². The normalized spacial score (nSPS) is 17.1. The lowest BCUT2D eigenvalue weighted by Gasteiger charge is -2.36. The molecule has 1 aliphatic heterocycles. The van der Waals surface area contributed by atoms with E-state index in [1.165, 1.54) is 4.31 Å². The van der Waals surface area contributed by atoms with Crippen molar-refractivity contribution < 1.29 is 17.9 Å². The number of sulfonamides is 1. The third-order valence-electron chi connectivity index (χ3n) is 4.92. The summed E-state index contributed by atoms with van der Waals surface area (Å²) in [6, 6.07) is 15.2. The van der Waals surface area contributed by atoms with Gasteiger partial charge < -0.3 is 10.1 Å². The van der Waals surface area contributed by atoms with E-state index in [1.54, 1.807) is 49.6 Å². The molecule has 3 rings (SSSR count). The van der Waals surface area contributed by atoms with Gasteiger partial charge in [0.25, 0.3) is 0 Å². The minimum absolute atomic E-state index is 0.132. The van der Waals surface area contributed by atoms with Gasteiger partial charge >= 0.3 is 0 Å². The zero-order chi connectivity index (χ0) is 20.1. The number of amides is 1. The summed E-state index contributed by atoms with van der Waals surface area (Å²) in [5.74, 6) is 0.540. The van der Waals surface area contributed by atoms with E-state index in [-0.39, 0.29) is 11.9 Å². The Kier molecular flexibility index (Phi) is 6.33. The lowest BCUT2D eigenvalue weighted by atomic mass is 10.2. The standard InChI is InChI=1S/C20H25N3O4S/c1-16(20(24)21-17-7-6-8-18(15-17)27-2)22-11-13-23(14-12-22)28(25,26)19-9-4-3-5-10-19/h3-10,15-16H,11-14H2,1-2H3,(H,21,24)/t16-/m0/s1. The van der Waals surface area contributed by atoms with Gasteiger partial charge in [0.1, 0.15) is 5.75 Å². The van der Waals surface area contributed by atoms with E-state index in [9.17, 15) is 13.2 Å². The van der Waals surface area contributed by atoms with Crippen molar-refractivity contribution in [2.75, 3.05) is 38.6 Å². The number of benzene rings is 2. The number of carbonyl (C=O) groups excluding carboxylic acids is 1.